The summed E-state index contributed by atoms with van der Waals surface area (Å²) in [5.74, 6) is -0.0357. The lowest BCUT2D eigenvalue weighted by Gasteiger charge is -2.34. The molecule has 1 fully saturated rings. The molecule has 0 saturated carbocycles. The first-order chi connectivity index (χ1) is 17.8. The van der Waals surface area contributed by atoms with Crippen LogP contribution in [0, 0.1) is 6.92 Å². The average Bonchev–Trinajstić information content (AvgIpc) is 2.91. The first-order valence-electron chi connectivity index (χ1n) is 12.3. The summed E-state index contributed by atoms with van der Waals surface area (Å²) in [6.45, 7) is 3.82. The molecule has 4 aromatic rings. The minimum atomic E-state index is -3.42. The van der Waals surface area contributed by atoms with Crippen LogP contribution in [-0.2, 0) is 16.4 Å². The van der Waals surface area contributed by atoms with Gasteiger partial charge in [-0.15, -0.1) is 0 Å². The molecule has 4 heterocycles. The fourth-order valence-electron chi connectivity index (χ4n) is 4.81. The number of aryl methyl sites for hydroxylation is 1. The minimum Gasteiger partial charge on any atom is -0.370 e. The zero-order chi connectivity index (χ0) is 26.0. The number of benzene rings is 1. The van der Waals surface area contributed by atoms with E-state index >= 15 is 0 Å². The number of pyridine rings is 3. The summed E-state index contributed by atoms with van der Waals surface area (Å²) in [6.07, 6.45) is 8.77. The highest BCUT2D eigenvalue weighted by Gasteiger charge is 2.23. The number of hydrogen-bond donors (Lipinski definition) is 1. The van der Waals surface area contributed by atoms with Gasteiger partial charge in [-0.2, -0.15) is 0 Å². The van der Waals surface area contributed by atoms with Gasteiger partial charge >= 0.3 is 0 Å². The van der Waals surface area contributed by atoms with E-state index in [0.717, 1.165) is 54.5 Å². The van der Waals surface area contributed by atoms with E-state index in [-0.39, 0.29) is 17.3 Å². The highest BCUT2D eigenvalue weighted by atomic mass is 32.2. The lowest BCUT2D eigenvalue weighted by molar-refractivity contribution is 0.0950. The standard InChI is InChI=1S/C28H29N5O3S/c1-19-7-8-20(13-27(19)37(2,35)36)28(34)31-16-23-14-26-21(15-30-23)9-10-25(32-26)22-5-4-12-33(18-22)24-6-3-11-29-17-24/h3,6-11,13-15,17,22H,4-5,12,16,18H2,1-2H3,(H,31,34)/t22-/m1/s1. The molecule has 37 heavy (non-hydrogen) atoms. The fourth-order valence-corrected chi connectivity index (χ4v) is 5.80. The maximum absolute atomic E-state index is 12.7. The lowest BCUT2D eigenvalue weighted by atomic mass is 9.93. The number of anilines is 1. The largest absolute Gasteiger partial charge is 0.370 e. The fraction of sp³-hybridized carbons (Fsp3) is 0.286. The second kappa shape index (κ2) is 10.3. The highest BCUT2D eigenvalue weighted by molar-refractivity contribution is 7.90. The molecule has 1 aliphatic heterocycles. The third kappa shape index (κ3) is 5.61. The number of nitrogens with zero attached hydrogens (tertiary/aromatic N) is 4. The van der Waals surface area contributed by atoms with Crippen LogP contribution in [0.15, 0.2) is 72.0 Å². The molecule has 0 radical (unpaired) electrons. The zero-order valence-electron chi connectivity index (χ0n) is 20.9. The van der Waals surface area contributed by atoms with E-state index < -0.39 is 9.84 Å². The molecule has 1 aliphatic rings. The van der Waals surface area contributed by atoms with Gasteiger partial charge in [0.25, 0.3) is 5.91 Å². The Balaban J connectivity index is 1.30. The molecule has 1 amide bonds. The van der Waals surface area contributed by atoms with Crippen molar-refractivity contribution in [1.29, 1.82) is 0 Å². The second-order valence-corrected chi connectivity index (χ2v) is 11.5. The number of rotatable bonds is 6. The molecule has 0 aliphatic carbocycles. The Morgan fingerprint density at radius 3 is 2.78 bits per heavy atom. The van der Waals surface area contributed by atoms with E-state index in [1.165, 1.54) is 6.07 Å². The maximum Gasteiger partial charge on any atom is 0.251 e. The molecule has 1 aromatic carbocycles. The monoisotopic (exact) mass is 515 g/mol. The van der Waals surface area contributed by atoms with Gasteiger partial charge in [-0.3, -0.25) is 19.7 Å². The molecular formula is C28H29N5O3S. The maximum atomic E-state index is 12.7. The molecule has 3 aromatic heterocycles. The van der Waals surface area contributed by atoms with Crippen LogP contribution in [0.3, 0.4) is 0 Å². The number of carbonyl (C=O) groups excluding carboxylic acids is 1. The predicted molar refractivity (Wildman–Crippen MR) is 143 cm³/mol. The van der Waals surface area contributed by atoms with Crippen LogP contribution in [0.5, 0.6) is 0 Å². The van der Waals surface area contributed by atoms with Crippen molar-refractivity contribution in [3.63, 3.8) is 0 Å². The number of sulfone groups is 1. The molecule has 1 saturated heterocycles. The summed E-state index contributed by atoms with van der Waals surface area (Å²) < 4.78 is 24.0. The van der Waals surface area contributed by atoms with Crippen LogP contribution in [0.25, 0.3) is 10.9 Å². The topological polar surface area (TPSA) is 105 Å². The number of piperidine rings is 1. The van der Waals surface area contributed by atoms with Crippen LogP contribution in [0.4, 0.5) is 5.69 Å². The third-order valence-electron chi connectivity index (χ3n) is 6.78. The van der Waals surface area contributed by atoms with E-state index in [9.17, 15) is 13.2 Å². The number of aromatic nitrogens is 3. The predicted octanol–water partition coefficient (Wildman–Crippen LogP) is 4.05. The van der Waals surface area contributed by atoms with Gasteiger partial charge in [0.05, 0.1) is 34.5 Å². The molecule has 8 nitrogen and oxygen atoms in total. The summed E-state index contributed by atoms with van der Waals surface area (Å²) in [4.78, 5) is 28.9. The van der Waals surface area contributed by atoms with Crippen molar-refractivity contribution in [2.45, 2.75) is 37.1 Å². The normalized spacial score (nSPS) is 16.1. The lowest BCUT2D eigenvalue weighted by Crippen LogP contribution is -2.34. The van der Waals surface area contributed by atoms with Crippen molar-refractivity contribution in [1.82, 2.24) is 20.3 Å². The Kier molecular flexibility index (Phi) is 6.88. The van der Waals surface area contributed by atoms with Gasteiger partial charge in [0.1, 0.15) is 0 Å². The molecule has 9 heteroatoms. The van der Waals surface area contributed by atoms with Gasteiger partial charge < -0.3 is 10.2 Å². The highest BCUT2D eigenvalue weighted by Crippen LogP contribution is 2.29. The Morgan fingerprint density at radius 1 is 1.14 bits per heavy atom. The van der Waals surface area contributed by atoms with Gasteiger partial charge in [0, 0.05) is 54.3 Å². The number of carbonyl (C=O) groups is 1. The van der Waals surface area contributed by atoms with Gasteiger partial charge in [0.15, 0.2) is 9.84 Å². The molecule has 190 valence electrons. The Labute approximate surface area is 216 Å². The Bertz CT molecular complexity index is 1560. The molecule has 5 rings (SSSR count). The smallest absolute Gasteiger partial charge is 0.251 e. The van der Waals surface area contributed by atoms with Crippen LogP contribution in [0.1, 0.15) is 46.1 Å². The first kappa shape index (κ1) is 24.8. The van der Waals surface area contributed by atoms with E-state index in [4.69, 9.17) is 4.98 Å². The second-order valence-electron chi connectivity index (χ2n) is 9.54. The van der Waals surface area contributed by atoms with Gasteiger partial charge in [-0.25, -0.2) is 8.42 Å². The molecule has 0 unspecified atom stereocenters. The number of amides is 1. The van der Waals surface area contributed by atoms with E-state index in [1.54, 1.807) is 31.5 Å². The summed E-state index contributed by atoms with van der Waals surface area (Å²) in [7, 11) is -3.42. The van der Waals surface area contributed by atoms with Crippen molar-refractivity contribution in [3.05, 3.63) is 89.6 Å². The third-order valence-corrected chi connectivity index (χ3v) is 8.02. The van der Waals surface area contributed by atoms with E-state index in [0.29, 0.717) is 22.7 Å². The van der Waals surface area contributed by atoms with Crippen molar-refractivity contribution < 1.29 is 13.2 Å². The van der Waals surface area contributed by atoms with Crippen molar-refractivity contribution in [3.8, 4) is 0 Å². The van der Waals surface area contributed by atoms with Crippen LogP contribution >= 0.6 is 0 Å². The quantitative estimate of drug-likeness (QED) is 0.413. The summed E-state index contributed by atoms with van der Waals surface area (Å²) >= 11 is 0. The number of fused-ring (bicyclic) bond motifs is 1. The first-order valence-corrected chi connectivity index (χ1v) is 14.2. The Hall–Kier alpha value is -3.85. The molecule has 0 bridgehead atoms. The summed E-state index contributed by atoms with van der Waals surface area (Å²) in [5.41, 5.74) is 4.61. The number of nitrogens with one attached hydrogen (secondary N) is 1. The zero-order valence-corrected chi connectivity index (χ0v) is 21.7. The van der Waals surface area contributed by atoms with Crippen LogP contribution < -0.4 is 10.2 Å². The van der Waals surface area contributed by atoms with Crippen molar-refractivity contribution >= 4 is 32.3 Å². The Morgan fingerprint density at radius 2 is 2.00 bits per heavy atom. The molecule has 1 N–H and O–H groups in total. The van der Waals surface area contributed by atoms with Crippen molar-refractivity contribution in [2.75, 3.05) is 24.2 Å². The van der Waals surface area contributed by atoms with Crippen LogP contribution in [-0.4, -0.2) is 48.6 Å². The van der Waals surface area contributed by atoms with Gasteiger partial charge in [-0.05, 0) is 67.8 Å². The summed E-state index contributed by atoms with van der Waals surface area (Å²) in [5, 5.41) is 3.78. The SMILES string of the molecule is Cc1ccc(C(=O)NCc2cc3nc([C@@H]4CCCN(c5cccnc5)C4)ccc3cn2)cc1S(C)(=O)=O. The average molecular weight is 516 g/mol. The molecular weight excluding hydrogens is 486 g/mol. The summed E-state index contributed by atoms with van der Waals surface area (Å²) in [6, 6.07) is 14.8. The van der Waals surface area contributed by atoms with Crippen molar-refractivity contribution in [2.24, 2.45) is 0 Å². The van der Waals surface area contributed by atoms with E-state index in [2.05, 4.69) is 38.4 Å². The van der Waals surface area contributed by atoms with Crippen LogP contribution in [0.2, 0.25) is 0 Å². The molecule has 1 atom stereocenters. The van der Waals surface area contributed by atoms with Gasteiger partial charge in [0.2, 0.25) is 0 Å². The minimum absolute atomic E-state index is 0.158. The molecule has 0 spiro atoms. The van der Waals surface area contributed by atoms with E-state index in [1.807, 2.05) is 18.3 Å². The number of hydrogen-bond acceptors (Lipinski definition) is 7. The van der Waals surface area contributed by atoms with Gasteiger partial charge in [-0.1, -0.05) is 6.07 Å².